The minimum atomic E-state index is -0.660. The number of ketones is 1. The molecular formula is C25H31NO5S. The molecule has 0 spiro atoms. The number of likely N-dealkylation sites (tertiary alicyclic amines) is 1. The summed E-state index contributed by atoms with van der Waals surface area (Å²) < 4.78 is 11.3. The van der Waals surface area contributed by atoms with Crippen molar-refractivity contribution in [2.75, 3.05) is 13.2 Å². The van der Waals surface area contributed by atoms with Crippen molar-refractivity contribution in [2.45, 2.75) is 59.3 Å². The lowest BCUT2D eigenvalue weighted by Gasteiger charge is -2.25. The molecule has 0 aliphatic carbocycles. The van der Waals surface area contributed by atoms with Gasteiger partial charge in [0.1, 0.15) is 11.5 Å². The summed E-state index contributed by atoms with van der Waals surface area (Å²) in [5.41, 5.74) is 1.58. The highest BCUT2D eigenvalue weighted by molar-refractivity contribution is 7.10. The maximum absolute atomic E-state index is 13.0. The summed E-state index contributed by atoms with van der Waals surface area (Å²) in [6.45, 7) is 10.6. The number of carbonyl (C=O) groups excluding carboxylic acids is 2. The smallest absolute Gasteiger partial charge is 0.295 e. The average molecular weight is 458 g/mol. The van der Waals surface area contributed by atoms with E-state index in [-0.39, 0.29) is 23.5 Å². The number of carbonyl (C=O) groups is 2. The molecule has 7 heteroatoms. The van der Waals surface area contributed by atoms with Crippen LogP contribution in [0.25, 0.3) is 5.76 Å². The van der Waals surface area contributed by atoms with Crippen LogP contribution in [0.4, 0.5) is 0 Å². The Morgan fingerprint density at radius 3 is 2.34 bits per heavy atom. The molecule has 172 valence electrons. The van der Waals surface area contributed by atoms with Gasteiger partial charge in [-0.2, -0.15) is 0 Å². The van der Waals surface area contributed by atoms with E-state index < -0.39 is 17.7 Å². The SMILES string of the molecule is Cc1ccsc1C1/C(=C(/O)c2ccc(OC(C)C)cc2)C(=O)C(=O)N1CCCOC(C)C. The largest absolute Gasteiger partial charge is 0.507 e. The van der Waals surface area contributed by atoms with Crippen molar-refractivity contribution in [1.82, 2.24) is 4.90 Å². The van der Waals surface area contributed by atoms with E-state index in [1.807, 2.05) is 46.1 Å². The van der Waals surface area contributed by atoms with Crippen LogP contribution in [0.3, 0.4) is 0 Å². The molecule has 1 aliphatic rings. The minimum Gasteiger partial charge on any atom is -0.507 e. The van der Waals surface area contributed by atoms with Crippen LogP contribution in [0, 0.1) is 6.92 Å². The van der Waals surface area contributed by atoms with Gasteiger partial charge in [-0.15, -0.1) is 11.3 Å². The average Bonchev–Trinajstić information content (AvgIpc) is 3.26. The Labute approximate surface area is 193 Å². The maximum Gasteiger partial charge on any atom is 0.295 e. The Morgan fingerprint density at radius 1 is 1.09 bits per heavy atom. The van der Waals surface area contributed by atoms with Crippen LogP contribution >= 0.6 is 11.3 Å². The van der Waals surface area contributed by atoms with Crippen molar-refractivity contribution >= 4 is 28.8 Å². The second kappa shape index (κ2) is 10.3. The van der Waals surface area contributed by atoms with Gasteiger partial charge in [0.15, 0.2) is 0 Å². The summed E-state index contributed by atoms with van der Waals surface area (Å²) in [6.07, 6.45) is 0.734. The number of amides is 1. The molecular weight excluding hydrogens is 426 g/mol. The van der Waals surface area contributed by atoms with Crippen molar-refractivity contribution in [3.63, 3.8) is 0 Å². The lowest BCUT2D eigenvalue weighted by Crippen LogP contribution is -2.31. The van der Waals surface area contributed by atoms with Crippen LogP contribution in [0.15, 0.2) is 41.3 Å². The number of aryl methyl sites for hydroxylation is 1. The highest BCUT2D eigenvalue weighted by Crippen LogP contribution is 2.42. The van der Waals surface area contributed by atoms with Gasteiger partial charge in [-0.3, -0.25) is 9.59 Å². The van der Waals surface area contributed by atoms with E-state index in [1.54, 1.807) is 29.2 Å². The van der Waals surface area contributed by atoms with E-state index in [2.05, 4.69) is 0 Å². The number of rotatable bonds is 9. The second-order valence-electron chi connectivity index (χ2n) is 8.42. The second-order valence-corrected chi connectivity index (χ2v) is 9.37. The first-order chi connectivity index (χ1) is 15.2. The van der Waals surface area contributed by atoms with E-state index in [0.717, 1.165) is 10.4 Å². The summed E-state index contributed by atoms with van der Waals surface area (Å²) >= 11 is 1.48. The fourth-order valence-electron chi connectivity index (χ4n) is 3.72. The monoisotopic (exact) mass is 457 g/mol. The molecule has 2 aromatic rings. The number of Topliss-reactive ketones (excluding diaryl/α,β-unsaturated/α-hetero) is 1. The molecule has 1 saturated heterocycles. The van der Waals surface area contributed by atoms with Crippen molar-refractivity contribution < 1.29 is 24.2 Å². The van der Waals surface area contributed by atoms with Crippen molar-refractivity contribution in [1.29, 1.82) is 0 Å². The molecule has 0 bridgehead atoms. The van der Waals surface area contributed by atoms with E-state index in [1.165, 1.54) is 11.3 Å². The van der Waals surface area contributed by atoms with Crippen molar-refractivity contribution in [2.24, 2.45) is 0 Å². The first-order valence-corrected chi connectivity index (χ1v) is 11.8. The number of ether oxygens (including phenoxy) is 2. The lowest BCUT2D eigenvalue weighted by atomic mass is 9.98. The molecule has 32 heavy (non-hydrogen) atoms. The van der Waals surface area contributed by atoms with Crippen LogP contribution in [-0.4, -0.2) is 47.1 Å². The van der Waals surface area contributed by atoms with E-state index in [9.17, 15) is 14.7 Å². The highest BCUT2D eigenvalue weighted by atomic mass is 32.1. The summed E-state index contributed by atoms with van der Waals surface area (Å²) in [7, 11) is 0. The Kier molecular flexibility index (Phi) is 7.74. The maximum atomic E-state index is 13.0. The lowest BCUT2D eigenvalue weighted by molar-refractivity contribution is -0.140. The third kappa shape index (κ3) is 5.22. The molecule has 1 aliphatic heterocycles. The molecule has 0 saturated carbocycles. The van der Waals surface area contributed by atoms with Gasteiger partial charge in [-0.25, -0.2) is 0 Å². The zero-order chi connectivity index (χ0) is 23.4. The van der Waals surface area contributed by atoms with Gasteiger partial charge in [-0.1, -0.05) is 0 Å². The number of nitrogens with zero attached hydrogens (tertiary/aromatic N) is 1. The standard InChI is InChI=1S/C25H31NO5S/c1-15(2)30-13-6-12-26-21(24-17(5)11-14-32-24)20(23(28)25(26)29)22(27)18-7-9-19(10-8-18)31-16(3)4/h7-11,14-16,21,27H,6,12-13H2,1-5H3/b22-20-. The Morgan fingerprint density at radius 2 is 1.78 bits per heavy atom. The van der Waals surface area contributed by atoms with Crippen molar-refractivity contribution in [3.8, 4) is 5.75 Å². The van der Waals surface area contributed by atoms with Gasteiger partial charge >= 0.3 is 0 Å². The third-order valence-electron chi connectivity index (χ3n) is 5.18. The van der Waals surface area contributed by atoms with Gasteiger partial charge in [-0.05, 0) is 82.3 Å². The van der Waals surface area contributed by atoms with Crippen molar-refractivity contribution in [3.05, 3.63) is 57.3 Å². The number of benzene rings is 1. The molecule has 2 heterocycles. The Hall–Kier alpha value is -2.64. The molecule has 6 nitrogen and oxygen atoms in total. The number of thiophene rings is 1. The zero-order valence-corrected chi connectivity index (χ0v) is 20.1. The first kappa shape index (κ1) is 24.0. The fraction of sp³-hybridized carbons (Fsp3) is 0.440. The summed E-state index contributed by atoms with van der Waals surface area (Å²) in [6, 6.07) is 8.25. The number of hydrogen-bond acceptors (Lipinski definition) is 6. The summed E-state index contributed by atoms with van der Waals surface area (Å²) in [5, 5.41) is 13.1. The summed E-state index contributed by atoms with van der Waals surface area (Å²) in [4.78, 5) is 28.4. The first-order valence-electron chi connectivity index (χ1n) is 10.9. The predicted octanol–water partition coefficient (Wildman–Crippen LogP) is 5.08. The molecule has 1 N–H and O–H groups in total. The normalized spacial score (nSPS) is 18.2. The molecule has 1 unspecified atom stereocenters. The molecule has 1 aromatic heterocycles. The molecule has 1 fully saturated rings. The molecule has 3 rings (SSSR count). The zero-order valence-electron chi connectivity index (χ0n) is 19.3. The van der Waals surface area contributed by atoms with Crippen LogP contribution < -0.4 is 4.74 Å². The predicted molar refractivity (Wildman–Crippen MR) is 126 cm³/mol. The number of hydrogen-bond donors (Lipinski definition) is 1. The Bertz CT molecular complexity index is 990. The Balaban J connectivity index is 1.97. The molecule has 1 aromatic carbocycles. The van der Waals surface area contributed by atoms with Gasteiger partial charge in [0.05, 0.1) is 23.8 Å². The van der Waals surface area contributed by atoms with E-state index in [0.29, 0.717) is 30.9 Å². The van der Waals surface area contributed by atoms with Crippen LogP contribution in [0.2, 0.25) is 0 Å². The highest BCUT2D eigenvalue weighted by Gasteiger charge is 2.46. The minimum absolute atomic E-state index is 0.0289. The van der Waals surface area contributed by atoms with Gasteiger partial charge in [0.25, 0.3) is 11.7 Å². The van der Waals surface area contributed by atoms with E-state index >= 15 is 0 Å². The van der Waals surface area contributed by atoms with Crippen LogP contribution in [0.5, 0.6) is 5.75 Å². The van der Waals surface area contributed by atoms with Crippen LogP contribution in [0.1, 0.15) is 56.2 Å². The van der Waals surface area contributed by atoms with Gasteiger partial charge in [0, 0.05) is 23.6 Å². The van der Waals surface area contributed by atoms with Gasteiger partial charge in [0.2, 0.25) is 0 Å². The molecule has 1 atom stereocenters. The van der Waals surface area contributed by atoms with Crippen LogP contribution in [-0.2, 0) is 14.3 Å². The fourth-order valence-corrected chi connectivity index (χ4v) is 4.77. The quantitative estimate of drug-likeness (QED) is 0.246. The third-order valence-corrected chi connectivity index (χ3v) is 6.26. The number of aliphatic hydroxyl groups is 1. The number of aliphatic hydroxyl groups excluding tert-OH is 1. The van der Waals surface area contributed by atoms with E-state index in [4.69, 9.17) is 9.47 Å². The molecule has 1 amide bonds. The van der Waals surface area contributed by atoms with Gasteiger partial charge < -0.3 is 19.5 Å². The summed E-state index contributed by atoms with van der Waals surface area (Å²) in [5.74, 6) is -0.743. The molecule has 0 radical (unpaired) electrons. The topological polar surface area (TPSA) is 76.1 Å².